The highest BCUT2D eigenvalue weighted by Crippen LogP contribution is 2.52. The number of halogens is 1. The maximum atomic E-state index is 13.9. The zero-order chi connectivity index (χ0) is 14.4. The van der Waals surface area contributed by atoms with Gasteiger partial charge in [-0.3, -0.25) is 5.32 Å². The fourth-order valence-corrected chi connectivity index (χ4v) is 4.90. The lowest BCUT2D eigenvalue weighted by Crippen LogP contribution is -2.52. The molecule has 2 aliphatic carbocycles. The van der Waals surface area contributed by atoms with Crippen LogP contribution in [-0.4, -0.2) is 13.2 Å². The summed E-state index contributed by atoms with van der Waals surface area (Å²) in [6.07, 6.45) is 12.9. The number of thiophene rings is 1. The molecule has 2 N–H and O–H groups in total. The van der Waals surface area contributed by atoms with Gasteiger partial charge in [0.15, 0.2) is 0 Å². The van der Waals surface area contributed by atoms with Gasteiger partial charge in [-0.1, -0.05) is 24.3 Å². The minimum atomic E-state index is -0.882. The largest absolute Gasteiger partial charge is 0.351 e. The van der Waals surface area contributed by atoms with Gasteiger partial charge < -0.3 is 5.32 Å². The molecule has 0 bridgehead atoms. The summed E-state index contributed by atoms with van der Waals surface area (Å²) >= 11 is 1.89. The lowest BCUT2D eigenvalue weighted by Gasteiger charge is -2.42. The molecule has 1 aromatic heterocycles. The van der Waals surface area contributed by atoms with Crippen LogP contribution >= 0.6 is 11.3 Å². The van der Waals surface area contributed by atoms with Gasteiger partial charge in [-0.05, 0) is 43.5 Å². The van der Waals surface area contributed by atoms with E-state index in [9.17, 15) is 4.39 Å². The van der Waals surface area contributed by atoms with Gasteiger partial charge in [0.1, 0.15) is 11.8 Å². The van der Waals surface area contributed by atoms with Crippen molar-refractivity contribution in [2.45, 2.75) is 37.5 Å². The van der Waals surface area contributed by atoms with Gasteiger partial charge in [-0.25, -0.2) is 4.39 Å². The Morgan fingerprint density at radius 2 is 2.38 bits per heavy atom. The molecule has 2 heterocycles. The Hall–Kier alpha value is -1.39. The summed E-state index contributed by atoms with van der Waals surface area (Å²) in [6, 6.07) is 0. The summed E-state index contributed by atoms with van der Waals surface area (Å²) < 4.78 is 13.9. The van der Waals surface area contributed by atoms with Crippen LogP contribution in [0.4, 0.5) is 9.39 Å². The van der Waals surface area contributed by atoms with Crippen molar-refractivity contribution in [3.05, 3.63) is 52.0 Å². The van der Waals surface area contributed by atoms with E-state index >= 15 is 0 Å². The van der Waals surface area contributed by atoms with Crippen molar-refractivity contribution in [3.8, 4) is 0 Å². The Morgan fingerprint density at radius 3 is 3.19 bits per heavy atom. The molecule has 0 saturated carbocycles. The first-order valence-electron chi connectivity index (χ1n) is 7.55. The zero-order valence-electron chi connectivity index (χ0n) is 12.1. The summed E-state index contributed by atoms with van der Waals surface area (Å²) in [5.41, 5.74) is 3.35. The van der Waals surface area contributed by atoms with E-state index in [2.05, 4.69) is 16.7 Å². The quantitative estimate of drug-likeness (QED) is 0.887. The van der Waals surface area contributed by atoms with Gasteiger partial charge in [-0.15, -0.1) is 11.3 Å². The van der Waals surface area contributed by atoms with Crippen LogP contribution in [0.2, 0.25) is 0 Å². The van der Waals surface area contributed by atoms with E-state index in [0.29, 0.717) is 6.42 Å². The van der Waals surface area contributed by atoms with Gasteiger partial charge in [-0.2, -0.15) is 0 Å². The van der Waals surface area contributed by atoms with Crippen molar-refractivity contribution in [1.29, 1.82) is 0 Å². The molecule has 2 atom stereocenters. The number of allylic oxidation sites excluding steroid dienone is 5. The van der Waals surface area contributed by atoms with Crippen LogP contribution in [0.5, 0.6) is 0 Å². The van der Waals surface area contributed by atoms with Crippen molar-refractivity contribution in [2.24, 2.45) is 0 Å². The number of fused-ring (bicyclic) bond motifs is 3. The highest BCUT2D eigenvalue weighted by atomic mass is 32.1. The second-order valence-electron chi connectivity index (χ2n) is 5.88. The highest BCUT2D eigenvalue weighted by molar-refractivity contribution is 7.16. The third-order valence-electron chi connectivity index (χ3n) is 4.68. The van der Waals surface area contributed by atoms with Crippen molar-refractivity contribution in [3.63, 3.8) is 0 Å². The summed E-state index contributed by atoms with van der Waals surface area (Å²) in [4.78, 5) is 1.53. The molecule has 4 rings (SSSR count). The molecule has 0 fully saturated rings. The second-order valence-corrected chi connectivity index (χ2v) is 6.98. The molecule has 0 saturated heterocycles. The second kappa shape index (κ2) is 4.82. The van der Waals surface area contributed by atoms with E-state index in [-0.39, 0.29) is 5.66 Å². The van der Waals surface area contributed by atoms with E-state index in [4.69, 9.17) is 0 Å². The lowest BCUT2D eigenvalue weighted by molar-refractivity contribution is 0.387. The van der Waals surface area contributed by atoms with Crippen LogP contribution < -0.4 is 10.6 Å². The van der Waals surface area contributed by atoms with Gasteiger partial charge in [0.25, 0.3) is 0 Å². The highest BCUT2D eigenvalue weighted by Gasteiger charge is 2.45. The summed E-state index contributed by atoms with van der Waals surface area (Å²) in [7, 11) is 1.96. The first-order chi connectivity index (χ1) is 10.2. The van der Waals surface area contributed by atoms with E-state index in [0.717, 1.165) is 5.57 Å². The number of alkyl halides is 1. The third-order valence-corrected chi connectivity index (χ3v) is 5.88. The number of nitrogens with one attached hydrogen (secondary N) is 2. The summed E-state index contributed by atoms with van der Waals surface area (Å²) in [5.74, 6) is 0. The molecule has 0 spiro atoms. The number of aryl methyl sites for hydroxylation is 1. The molecule has 0 aromatic carbocycles. The molecule has 4 heteroatoms. The molecular weight excluding hydrogens is 283 g/mol. The Bertz CT molecular complexity index is 671. The Labute approximate surface area is 128 Å². The minimum Gasteiger partial charge on any atom is -0.351 e. The summed E-state index contributed by atoms with van der Waals surface area (Å²) in [6.45, 7) is 0. The van der Waals surface area contributed by atoms with E-state index in [1.54, 1.807) is 0 Å². The predicted molar refractivity (Wildman–Crippen MR) is 86.6 cm³/mol. The van der Waals surface area contributed by atoms with Crippen LogP contribution in [-0.2, 0) is 18.5 Å². The van der Waals surface area contributed by atoms with Crippen LogP contribution in [0, 0.1) is 0 Å². The first-order valence-corrected chi connectivity index (χ1v) is 8.37. The Morgan fingerprint density at radius 1 is 1.48 bits per heavy atom. The van der Waals surface area contributed by atoms with E-state index in [1.165, 1.54) is 40.3 Å². The average Bonchev–Trinajstić information content (AvgIpc) is 3.01. The maximum Gasteiger partial charge on any atom is 0.138 e. The van der Waals surface area contributed by atoms with Crippen LogP contribution in [0.1, 0.15) is 28.8 Å². The van der Waals surface area contributed by atoms with Crippen molar-refractivity contribution in [1.82, 2.24) is 5.32 Å². The molecule has 0 radical (unpaired) electrons. The average molecular weight is 302 g/mol. The molecule has 0 amide bonds. The minimum absolute atomic E-state index is 0.314. The smallest absolute Gasteiger partial charge is 0.138 e. The standard InChI is InChI=1S/C17H19FN2S/c1-19-17(10-9-11-5-2-3-7-13(11)18)15-12-6-4-8-14(12)21-16(15)20-17/h2-3,5,9-10,13,19-20H,4,6-8H2,1H3/b10-9+. The molecule has 1 aromatic rings. The van der Waals surface area contributed by atoms with Crippen LogP contribution in [0.3, 0.4) is 0 Å². The molecule has 3 aliphatic rings. The van der Waals surface area contributed by atoms with Crippen molar-refractivity contribution >= 4 is 16.3 Å². The normalized spacial score (nSPS) is 29.8. The first kappa shape index (κ1) is 13.3. The van der Waals surface area contributed by atoms with Gasteiger partial charge in [0.2, 0.25) is 0 Å². The zero-order valence-corrected chi connectivity index (χ0v) is 12.9. The van der Waals surface area contributed by atoms with Crippen LogP contribution in [0.25, 0.3) is 0 Å². The van der Waals surface area contributed by atoms with Crippen molar-refractivity contribution < 1.29 is 4.39 Å². The summed E-state index contributed by atoms with van der Waals surface area (Å²) in [5, 5.41) is 8.19. The van der Waals surface area contributed by atoms with Gasteiger partial charge in [0.05, 0.1) is 5.00 Å². The molecule has 21 heavy (non-hydrogen) atoms. The molecule has 1 aliphatic heterocycles. The third kappa shape index (κ3) is 1.93. The van der Waals surface area contributed by atoms with Gasteiger partial charge >= 0.3 is 0 Å². The van der Waals surface area contributed by atoms with E-state index < -0.39 is 6.17 Å². The monoisotopic (exact) mass is 302 g/mol. The molecule has 2 nitrogen and oxygen atoms in total. The maximum absolute atomic E-state index is 13.9. The van der Waals surface area contributed by atoms with Crippen LogP contribution in [0.15, 0.2) is 36.0 Å². The fourth-order valence-electron chi connectivity index (χ4n) is 3.48. The number of rotatable bonds is 3. The van der Waals surface area contributed by atoms with E-state index in [1.807, 2.05) is 42.7 Å². The lowest BCUT2D eigenvalue weighted by atomic mass is 9.88. The van der Waals surface area contributed by atoms with Gasteiger partial charge in [0, 0.05) is 16.9 Å². The predicted octanol–water partition coefficient (Wildman–Crippen LogP) is 3.82. The molecule has 110 valence electrons. The number of likely N-dealkylation sites (N-methyl/N-ethyl adjacent to an activating group) is 1. The Kier molecular flexibility index (Phi) is 3.05. The van der Waals surface area contributed by atoms with Crippen molar-refractivity contribution in [2.75, 3.05) is 12.4 Å². The fraction of sp³-hybridized carbons (Fsp3) is 0.412. The number of anilines is 1. The number of hydrogen-bond donors (Lipinski definition) is 2. The Balaban J connectivity index is 1.67. The molecular formula is C17H19FN2S. The number of hydrogen-bond acceptors (Lipinski definition) is 3. The SMILES string of the molecule is CNC1(/C=C/C2=CC=CCC2F)Nc2sc3c(c21)CCC3. The molecule has 2 unspecified atom stereocenters. The topological polar surface area (TPSA) is 24.1 Å².